The van der Waals surface area contributed by atoms with E-state index in [4.69, 9.17) is 9.47 Å². The molecule has 182 valence electrons. The summed E-state index contributed by atoms with van der Waals surface area (Å²) in [6.45, 7) is 8.39. The van der Waals surface area contributed by atoms with Crippen molar-refractivity contribution in [3.05, 3.63) is 71.3 Å². The van der Waals surface area contributed by atoms with Gasteiger partial charge in [-0.15, -0.1) is 24.0 Å². The van der Waals surface area contributed by atoms with Crippen molar-refractivity contribution in [3.63, 3.8) is 0 Å². The highest BCUT2D eigenvalue weighted by Crippen LogP contribution is 2.19. The second-order valence-corrected chi connectivity index (χ2v) is 8.13. The standard InChI is InChI=1S/C26H38N4O2.HI/c1-3-31-15-16-32-21-24-12-7-11-23(17-24)18-28-26(27-2)29-19-25-13-8-14-30(25)20-22-9-5-4-6-10-22;/h4-7,9-12,17,25H,3,8,13-16,18-21H2,1-2H3,(H2,27,28,29);1H. The maximum Gasteiger partial charge on any atom is 0.191 e. The first kappa shape index (κ1) is 27.6. The Balaban J connectivity index is 0.00000385. The molecule has 0 radical (unpaired) electrons. The number of ether oxygens (including phenoxy) is 2. The summed E-state index contributed by atoms with van der Waals surface area (Å²) in [5, 5.41) is 6.97. The van der Waals surface area contributed by atoms with E-state index < -0.39 is 0 Å². The van der Waals surface area contributed by atoms with Crippen molar-refractivity contribution >= 4 is 29.9 Å². The average Bonchev–Trinajstić information content (AvgIpc) is 3.27. The number of likely N-dealkylation sites (tertiary alicyclic amines) is 1. The third-order valence-electron chi connectivity index (χ3n) is 5.75. The Labute approximate surface area is 216 Å². The third kappa shape index (κ3) is 10.00. The van der Waals surface area contributed by atoms with Crippen LogP contribution < -0.4 is 10.6 Å². The third-order valence-corrected chi connectivity index (χ3v) is 5.75. The van der Waals surface area contributed by atoms with Crippen molar-refractivity contribution in [1.29, 1.82) is 0 Å². The molecule has 2 aromatic carbocycles. The van der Waals surface area contributed by atoms with Gasteiger partial charge in [0.1, 0.15) is 0 Å². The molecule has 0 spiro atoms. The molecule has 33 heavy (non-hydrogen) atoms. The van der Waals surface area contributed by atoms with Crippen LogP contribution in [0.4, 0.5) is 0 Å². The Bertz CT molecular complexity index is 819. The Hall–Kier alpha value is -1.68. The summed E-state index contributed by atoms with van der Waals surface area (Å²) in [6, 6.07) is 19.7. The smallest absolute Gasteiger partial charge is 0.191 e. The van der Waals surface area contributed by atoms with Gasteiger partial charge in [0, 0.05) is 39.3 Å². The topological polar surface area (TPSA) is 58.1 Å². The van der Waals surface area contributed by atoms with Crippen molar-refractivity contribution in [2.75, 3.05) is 40.0 Å². The van der Waals surface area contributed by atoms with Crippen LogP contribution in [0.15, 0.2) is 59.6 Å². The van der Waals surface area contributed by atoms with E-state index in [1.165, 1.54) is 29.5 Å². The number of nitrogens with zero attached hydrogens (tertiary/aromatic N) is 2. The largest absolute Gasteiger partial charge is 0.379 e. The van der Waals surface area contributed by atoms with Gasteiger partial charge in [-0.1, -0.05) is 54.6 Å². The fourth-order valence-electron chi connectivity index (χ4n) is 4.05. The van der Waals surface area contributed by atoms with Gasteiger partial charge in [-0.05, 0) is 43.0 Å². The van der Waals surface area contributed by atoms with Crippen LogP contribution in [-0.4, -0.2) is 56.9 Å². The van der Waals surface area contributed by atoms with Crippen LogP contribution in [-0.2, 0) is 29.2 Å². The van der Waals surface area contributed by atoms with Gasteiger partial charge in [-0.25, -0.2) is 0 Å². The molecule has 1 aliphatic rings. The zero-order valence-electron chi connectivity index (χ0n) is 20.0. The summed E-state index contributed by atoms with van der Waals surface area (Å²) in [6.07, 6.45) is 2.48. The van der Waals surface area contributed by atoms with E-state index in [2.05, 4.69) is 75.1 Å². The van der Waals surface area contributed by atoms with Gasteiger partial charge >= 0.3 is 0 Å². The van der Waals surface area contributed by atoms with E-state index in [1.807, 2.05) is 14.0 Å². The van der Waals surface area contributed by atoms with Crippen LogP contribution in [0, 0.1) is 0 Å². The van der Waals surface area contributed by atoms with E-state index in [-0.39, 0.29) is 24.0 Å². The Kier molecular flexibility index (Phi) is 13.4. The van der Waals surface area contributed by atoms with Crippen LogP contribution in [0.3, 0.4) is 0 Å². The van der Waals surface area contributed by atoms with Crippen LogP contribution in [0.5, 0.6) is 0 Å². The first-order chi connectivity index (χ1) is 15.8. The molecule has 1 heterocycles. The van der Waals surface area contributed by atoms with Crippen molar-refractivity contribution < 1.29 is 9.47 Å². The monoisotopic (exact) mass is 566 g/mol. The van der Waals surface area contributed by atoms with Gasteiger partial charge in [0.15, 0.2) is 5.96 Å². The minimum Gasteiger partial charge on any atom is -0.379 e. The summed E-state index contributed by atoms with van der Waals surface area (Å²) < 4.78 is 11.0. The van der Waals surface area contributed by atoms with Gasteiger partial charge in [-0.3, -0.25) is 9.89 Å². The number of aliphatic imine (C=N–C) groups is 1. The molecule has 0 saturated carbocycles. The van der Waals surface area contributed by atoms with Crippen LogP contribution >= 0.6 is 24.0 Å². The fraction of sp³-hybridized carbons (Fsp3) is 0.500. The summed E-state index contributed by atoms with van der Waals surface area (Å²) in [7, 11) is 1.83. The van der Waals surface area contributed by atoms with Crippen LogP contribution in [0.25, 0.3) is 0 Å². The van der Waals surface area contributed by atoms with Crippen LogP contribution in [0.1, 0.15) is 36.5 Å². The molecule has 3 rings (SSSR count). The minimum absolute atomic E-state index is 0. The Morgan fingerprint density at radius 2 is 1.76 bits per heavy atom. The Morgan fingerprint density at radius 1 is 1.00 bits per heavy atom. The maximum absolute atomic E-state index is 5.69. The molecule has 2 N–H and O–H groups in total. The van der Waals surface area contributed by atoms with E-state index in [0.717, 1.165) is 38.7 Å². The lowest BCUT2D eigenvalue weighted by Gasteiger charge is -2.25. The highest BCUT2D eigenvalue weighted by Gasteiger charge is 2.24. The van der Waals surface area contributed by atoms with Gasteiger partial charge in [0.2, 0.25) is 0 Å². The zero-order chi connectivity index (χ0) is 22.4. The molecule has 6 nitrogen and oxygen atoms in total. The molecule has 7 heteroatoms. The molecule has 0 bridgehead atoms. The van der Waals surface area contributed by atoms with Crippen molar-refractivity contribution in [2.24, 2.45) is 4.99 Å². The number of benzene rings is 2. The quantitative estimate of drug-likeness (QED) is 0.175. The minimum atomic E-state index is 0. The summed E-state index contributed by atoms with van der Waals surface area (Å²) in [5.41, 5.74) is 3.76. The number of nitrogens with one attached hydrogen (secondary N) is 2. The molecule has 0 amide bonds. The van der Waals surface area contributed by atoms with Crippen molar-refractivity contribution in [3.8, 4) is 0 Å². The molecule has 1 aliphatic heterocycles. The number of guanidine groups is 1. The fourth-order valence-corrected chi connectivity index (χ4v) is 4.05. The lowest BCUT2D eigenvalue weighted by molar-refractivity contribution is 0.0453. The lowest BCUT2D eigenvalue weighted by atomic mass is 10.1. The van der Waals surface area contributed by atoms with Gasteiger partial charge in [0.05, 0.1) is 19.8 Å². The van der Waals surface area contributed by atoms with Crippen molar-refractivity contribution in [1.82, 2.24) is 15.5 Å². The summed E-state index contributed by atoms with van der Waals surface area (Å²) in [5.74, 6) is 0.843. The molecule has 1 saturated heterocycles. The zero-order valence-corrected chi connectivity index (χ0v) is 22.3. The van der Waals surface area contributed by atoms with Crippen LogP contribution in [0.2, 0.25) is 0 Å². The molecular weight excluding hydrogens is 527 g/mol. The van der Waals surface area contributed by atoms with Gasteiger partial charge < -0.3 is 20.1 Å². The summed E-state index contributed by atoms with van der Waals surface area (Å²) >= 11 is 0. The molecule has 0 aromatic heterocycles. The van der Waals surface area contributed by atoms with E-state index in [0.29, 0.717) is 25.9 Å². The predicted molar refractivity (Wildman–Crippen MR) is 146 cm³/mol. The molecule has 2 aromatic rings. The predicted octanol–water partition coefficient (Wildman–Crippen LogP) is 4.19. The number of hydrogen-bond acceptors (Lipinski definition) is 4. The second kappa shape index (κ2) is 16.0. The highest BCUT2D eigenvalue weighted by molar-refractivity contribution is 14.0. The van der Waals surface area contributed by atoms with Gasteiger partial charge in [-0.2, -0.15) is 0 Å². The first-order valence-electron chi connectivity index (χ1n) is 11.7. The van der Waals surface area contributed by atoms with E-state index >= 15 is 0 Å². The van der Waals surface area contributed by atoms with Crippen molar-refractivity contribution in [2.45, 2.75) is 45.5 Å². The lowest BCUT2D eigenvalue weighted by Crippen LogP contribution is -2.44. The van der Waals surface area contributed by atoms with E-state index in [1.54, 1.807) is 0 Å². The first-order valence-corrected chi connectivity index (χ1v) is 11.7. The van der Waals surface area contributed by atoms with Gasteiger partial charge in [0.25, 0.3) is 0 Å². The molecule has 1 fully saturated rings. The molecule has 0 aliphatic carbocycles. The highest BCUT2D eigenvalue weighted by atomic mass is 127. The second-order valence-electron chi connectivity index (χ2n) is 8.13. The molecule has 1 unspecified atom stereocenters. The summed E-state index contributed by atoms with van der Waals surface area (Å²) in [4.78, 5) is 6.99. The number of hydrogen-bond donors (Lipinski definition) is 2. The molecule has 1 atom stereocenters. The average molecular weight is 567 g/mol. The van der Waals surface area contributed by atoms with E-state index in [9.17, 15) is 0 Å². The molecular formula is C26H39IN4O2. The Morgan fingerprint density at radius 3 is 2.55 bits per heavy atom. The SMILES string of the molecule is CCOCCOCc1cccc(CNC(=NC)NCC2CCCN2Cc2ccccc2)c1.I. The maximum atomic E-state index is 5.69. The number of halogens is 1. The number of rotatable bonds is 12. The normalized spacial score (nSPS) is 16.4.